The molecule has 52 heavy (non-hydrogen) atoms. The predicted molar refractivity (Wildman–Crippen MR) is 206 cm³/mol. The zero-order valence-electron chi connectivity index (χ0n) is 29.3. The van der Waals surface area contributed by atoms with Crippen LogP contribution in [0.15, 0.2) is 129 Å². The molecule has 3 atom stereocenters. The molecule has 0 aliphatic carbocycles. The molecule has 13 heteroatoms. The molecule has 4 rings (SSSR count). The standard InChI is InChI=1S/C34H34NO7PS.C5H9NO2/c1-5-22-40-33(38)31(35-30(37)29(32(35)44-25(4)36)24(3)42-34(39)41-23-6-2)43(26-16-10-7-11-17-26,27-18-12-8-13-19-27)28-20-14-9-15-21-28;1-3-4-8-5(7)6-2/h5-21,24,29,32H,1-2,22-23H2,3-4H3;3H,1,4H2,2H3,(H,6,7)/t24?,29-,32+;/m0./s1. The van der Waals surface area contributed by atoms with Crippen LogP contribution in [-0.2, 0) is 33.3 Å². The van der Waals surface area contributed by atoms with Crippen molar-refractivity contribution in [2.75, 3.05) is 26.9 Å². The van der Waals surface area contributed by atoms with E-state index in [0.29, 0.717) is 0 Å². The van der Waals surface area contributed by atoms with Crippen molar-refractivity contribution < 1.29 is 42.9 Å². The van der Waals surface area contributed by atoms with Gasteiger partial charge >= 0.3 is 18.2 Å². The zero-order valence-corrected chi connectivity index (χ0v) is 31.1. The Balaban J connectivity index is 0.000000815. The normalized spacial score (nSPS) is 15.2. The molecule has 1 N–H and O–H groups in total. The molecule has 1 unspecified atom stereocenters. The summed E-state index contributed by atoms with van der Waals surface area (Å²) < 4.78 is 20.6. The van der Waals surface area contributed by atoms with E-state index in [1.165, 1.54) is 37.1 Å². The maximum atomic E-state index is 14.4. The Labute approximate surface area is 308 Å². The monoisotopic (exact) mass is 746 g/mol. The minimum absolute atomic E-state index is 0.0623. The lowest BCUT2D eigenvalue weighted by Gasteiger charge is -2.50. The SMILES string of the molecule is C=CCOC(=O)NC.C=CCOC(=O)OC(C)[C@H]1C(=O)N(C(C(=O)OCC=C)=P(c2ccccc2)(c2ccccc2)c2ccccc2)[C@@H]1SC(C)=O. The van der Waals surface area contributed by atoms with Gasteiger partial charge in [0.05, 0.1) is 0 Å². The number of rotatable bonds is 14. The molecule has 3 aromatic rings. The van der Waals surface area contributed by atoms with Crippen molar-refractivity contribution in [3.63, 3.8) is 0 Å². The third-order valence-electron chi connectivity index (χ3n) is 7.51. The Morgan fingerprint density at radius 2 is 1.23 bits per heavy atom. The molecular weight excluding hydrogens is 703 g/mol. The van der Waals surface area contributed by atoms with Gasteiger partial charge in [0.15, 0.2) is 5.12 Å². The lowest BCUT2D eigenvalue weighted by molar-refractivity contribution is -0.152. The fourth-order valence-electron chi connectivity index (χ4n) is 5.40. The van der Waals surface area contributed by atoms with E-state index in [4.69, 9.17) is 14.2 Å². The first kappa shape index (κ1) is 41.1. The number of carbonyl (C=O) groups is 5. The van der Waals surface area contributed by atoms with Gasteiger partial charge in [-0.05, 0) is 22.8 Å². The number of carbonyl (C=O) groups excluding carboxylic acids is 5. The van der Waals surface area contributed by atoms with E-state index in [-0.39, 0.29) is 30.4 Å². The first-order valence-corrected chi connectivity index (χ1v) is 18.9. The van der Waals surface area contributed by atoms with Crippen LogP contribution in [0.1, 0.15) is 13.8 Å². The van der Waals surface area contributed by atoms with Gasteiger partial charge in [0.1, 0.15) is 42.6 Å². The van der Waals surface area contributed by atoms with Gasteiger partial charge in [-0.2, -0.15) is 0 Å². The van der Waals surface area contributed by atoms with Gasteiger partial charge in [-0.1, -0.05) is 141 Å². The summed E-state index contributed by atoms with van der Waals surface area (Å²) in [6.45, 7) is 10.5. The van der Waals surface area contributed by atoms with Gasteiger partial charge in [-0.15, -0.1) is 0 Å². The highest BCUT2D eigenvalue weighted by Gasteiger charge is 2.57. The first-order valence-electron chi connectivity index (χ1n) is 16.2. The van der Waals surface area contributed by atoms with Crippen LogP contribution in [0.2, 0.25) is 0 Å². The maximum Gasteiger partial charge on any atom is 0.508 e. The van der Waals surface area contributed by atoms with Crippen molar-refractivity contribution in [3.05, 3.63) is 129 Å². The first-order chi connectivity index (χ1) is 25.1. The van der Waals surface area contributed by atoms with Crippen LogP contribution in [0.25, 0.3) is 0 Å². The van der Waals surface area contributed by atoms with Crippen molar-refractivity contribution >= 4 is 69.2 Å². The summed E-state index contributed by atoms with van der Waals surface area (Å²) in [6.07, 6.45) is 2.00. The number of hydrogen-bond acceptors (Lipinski definition) is 10. The molecule has 3 aromatic carbocycles. The Morgan fingerprint density at radius 3 is 1.65 bits per heavy atom. The number of thioether (sulfide) groups is 1. The summed E-state index contributed by atoms with van der Waals surface area (Å²) >= 11 is 0.893. The molecule has 1 aliphatic rings. The van der Waals surface area contributed by atoms with Crippen molar-refractivity contribution in [1.29, 1.82) is 0 Å². The summed E-state index contributed by atoms with van der Waals surface area (Å²) in [5, 5.41) is 3.57. The number of ether oxygens (including phenoxy) is 4. The van der Waals surface area contributed by atoms with E-state index in [9.17, 15) is 24.0 Å². The second-order valence-electron chi connectivity index (χ2n) is 10.9. The predicted octanol–water partition coefficient (Wildman–Crippen LogP) is 5.16. The number of nitrogens with one attached hydrogen (secondary N) is 1. The van der Waals surface area contributed by atoms with Gasteiger partial charge in [-0.3, -0.25) is 14.5 Å². The average Bonchev–Trinajstić information content (AvgIpc) is 3.16. The molecule has 1 heterocycles. The Bertz CT molecular complexity index is 1680. The summed E-state index contributed by atoms with van der Waals surface area (Å²) in [6, 6.07) is 28.6. The number of alkyl carbamates (subject to hydrolysis) is 1. The molecule has 0 saturated carbocycles. The van der Waals surface area contributed by atoms with Crippen LogP contribution in [0.3, 0.4) is 0 Å². The highest BCUT2D eigenvalue weighted by atomic mass is 32.2. The molecule has 1 aliphatic heterocycles. The highest BCUT2D eigenvalue weighted by Crippen LogP contribution is 2.51. The number of esters is 1. The van der Waals surface area contributed by atoms with Gasteiger partial charge in [0.2, 0.25) is 5.91 Å². The second kappa shape index (κ2) is 20.5. The summed E-state index contributed by atoms with van der Waals surface area (Å²) in [7, 11) is 1.51. The summed E-state index contributed by atoms with van der Waals surface area (Å²) in [5.41, 5.74) is 0.115. The lowest BCUT2D eigenvalue weighted by Crippen LogP contribution is -2.67. The van der Waals surface area contributed by atoms with Gasteiger partial charge < -0.3 is 24.3 Å². The molecule has 2 amide bonds. The number of benzene rings is 3. The number of amides is 2. The quantitative estimate of drug-likeness (QED) is 0.0775. The molecule has 0 spiro atoms. The third kappa shape index (κ3) is 9.92. The molecule has 11 nitrogen and oxygen atoms in total. The Hall–Kier alpha value is -5.32. The fraction of sp³-hybridized carbons (Fsp3) is 0.231. The average molecular weight is 747 g/mol. The number of hydrogen-bond donors (Lipinski definition) is 1. The Morgan fingerprint density at radius 1 is 0.788 bits per heavy atom. The van der Waals surface area contributed by atoms with Crippen LogP contribution < -0.4 is 21.2 Å². The van der Waals surface area contributed by atoms with Crippen LogP contribution in [-0.4, -0.2) is 77.9 Å². The van der Waals surface area contributed by atoms with E-state index in [0.717, 1.165) is 27.7 Å². The number of nitrogens with zero attached hydrogens (tertiary/aromatic N) is 1. The highest BCUT2D eigenvalue weighted by molar-refractivity contribution is 8.14. The largest absolute Gasteiger partial charge is 0.508 e. The van der Waals surface area contributed by atoms with E-state index < -0.39 is 48.4 Å². The van der Waals surface area contributed by atoms with Crippen molar-refractivity contribution in [1.82, 2.24) is 10.2 Å². The second-order valence-corrected chi connectivity index (χ2v) is 15.5. The van der Waals surface area contributed by atoms with Gasteiger partial charge in [0.25, 0.3) is 0 Å². The van der Waals surface area contributed by atoms with Crippen molar-refractivity contribution in [2.24, 2.45) is 5.92 Å². The zero-order chi connectivity index (χ0) is 38.1. The van der Waals surface area contributed by atoms with E-state index in [1.807, 2.05) is 91.0 Å². The molecule has 1 saturated heterocycles. The fourth-order valence-corrected chi connectivity index (χ4v) is 11.0. The van der Waals surface area contributed by atoms with Crippen LogP contribution in [0, 0.1) is 5.92 Å². The van der Waals surface area contributed by atoms with E-state index in [1.54, 1.807) is 6.92 Å². The molecule has 0 aromatic heterocycles. The molecular formula is C39H43N2O9PS. The smallest absolute Gasteiger partial charge is 0.457 e. The summed E-state index contributed by atoms with van der Waals surface area (Å²) in [4.78, 5) is 65.1. The summed E-state index contributed by atoms with van der Waals surface area (Å²) in [5.74, 6) is -2.13. The van der Waals surface area contributed by atoms with E-state index >= 15 is 0 Å². The maximum absolute atomic E-state index is 14.4. The minimum Gasteiger partial charge on any atom is -0.457 e. The molecule has 1 fully saturated rings. The van der Waals surface area contributed by atoms with Crippen molar-refractivity contribution in [3.8, 4) is 0 Å². The third-order valence-corrected chi connectivity index (χ3v) is 12.8. The molecule has 0 bridgehead atoms. The van der Waals surface area contributed by atoms with Crippen LogP contribution in [0.5, 0.6) is 0 Å². The van der Waals surface area contributed by atoms with Crippen LogP contribution in [0.4, 0.5) is 9.59 Å². The molecule has 274 valence electrons. The Kier molecular flexibility index (Phi) is 16.2. The lowest BCUT2D eigenvalue weighted by atomic mass is 9.92. The number of β-lactam (4-membered cyclic amide) rings is 1. The molecule has 0 radical (unpaired) electrons. The van der Waals surface area contributed by atoms with Gasteiger partial charge in [0, 0.05) is 20.9 Å². The topological polar surface area (TPSA) is 138 Å². The minimum atomic E-state index is -3.15. The van der Waals surface area contributed by atoms with E-state index in [2.05, 4.69) is 29.8 Å². The van der Waals surface area contributed by atoms with Gasteiger partial charge in [-0.25, -0.2) is 14.4 Å². The van der Waals surface area contributed by atoms with Crippen molar-refractivity contribution in [2.45, 2.75) is 25.3 Å². The number of likely N-dealkylation sites (tertiary alicyclic amines) is 1. The van der Waals surface area contributed by atoms with Crippen LogP contribution >= 0.6 is 18.6 Å².